The summed E-state index contributed by atoms with van der Waals surface area (Å²) in [5.74, 6) is 2.08. The zero-order valence-electron chi connectivity index (χ0n) is 39.9. The molecule has 4 aliphatic heterocycles. The molecule has 0 bridgehead atoms. The van der Waals surface area contributed by atoms with E-state index in [1.807, 2.05) is 20.8 Å². The van der Waals surface area contributed by atoms with Crippen LogP contribution in [0.4, 0.5) is 16.4 Å². The number of piperidine rings is 4. The number of rotatable bonds is 12. The smallest absolute Gasteiger partial charge is 0.410 e. The molecule has 0 radical (unpaired) electrons. The number of likely N-dealkylation sites (tertiary alicyclic amines) is 1. The van der Waals surface area contributed by atoms with Gasteiger partial charge in [0.1, 0.15) is 28.6 Å². The molecule has 0 spiro atoms. The van der Waals surface area contributed by atoms with Crippen molar-refractivity contribution in [3.8, 4) is 0 Å². The van der Waals surface area contributed by atoms with Crippen LogP contribution < -0.4 is 26.6 Å². The van der Waals surface area contributed by atoms with E-state index in [1.54, 1.807) is 17.3 Å². The highest BCUT2D eigenvalue weighted by atomic mass is 35.5. The van der Waals surface area contributed by atoms with Crippen molar-refractivity contribution in [3.63, 3.8) is 0 Å². The minimum atomic E-state index is -0.582. The fourth-order valence-corrected chi connectivity index (χ4v) is 9.57. The molecule has 4 aromatic rings. The predicted octanol–water partition coefficient (Wildman–Crippen LogP) is 5.75. The minimum absolute atomic E-state index is 0. The Morgan fingerprint density at radius 2 is 1.03 bits per heavy atom. The third-order valence-corrected chi connectivity index (χ3v) is 13.7. The number of halogens is 1. The number of hydrogen-bond donors (Lipinski definition) is 5. The van der Waals surface area contributed by atoms with Crippen LogP contribution in [0.25, 0.3) is 0 Å². The van der Waals surface area contributed by atoms with Crippen molar-refractivity contribution in [1.82, 2.24) is 30.2 Å². The van der Waals surface area contributed by atoms with Gasteiger partial charge < -0.3 is 46.4 Å². The van der Waals surface area contributed by atoms with Gasteiger partial charge in [0.15, 0.2) is 0 Å². The molecule has 7 N–H and O–H groups in total. The van der Waals surface area contributed by atoms with Crippen LogP contribution >= 0.6 is 12.4 Å². The number of aliphatic hydroxyl groups excluding tert-OH is 2. The number of nitrogens with one attached hydrogen (secondary N) is 1. The Bertz CT molecular complexity index is 2260. The van der Waals surface area contributed by atoms with Gasteiger partial charge in [-0.15, -0.1) is 12.4 Å². The van der Waals surface area contributed by atoms with Crippen LogP contribution in [0.2, 0.25) is 0 Å². The maximum Gasteiger partial charge on any atom is 0.410 e. The average Bonchev–Trinajstić information content (AvgIpc) is 3.34. The van der Waals surface area contributed by atoms with Crippen LogP contribution in [0.15, 0.2) is 60.9 Å². The molecule has 0 atom stereocenters. The first kappa shape index (κ1) is 52.0. The highest BCUT2D eigenvalue weighted by Gasteiger charge is 2.28. The van der Waals surface area contributed by atoms with E-state index >= 15 is 0 Å². The topological polar surface area (TPSA) is 226 Å². The third-order valence-electron chi connectivity index (χ3n) is 13.7. The number of hydrogen-bond acceptors (Lipinski definition) is 13. The molecule has 17 heteroatoms. The second kappa shape index (κ2) is 24.2. The standard InChI is InChI=1S/C28H39N5O4.C23H31N5O2.ClH/c1-28(2,3)37-27(36)33-14-10-22(11-15-33)21-6-4-19(5-7-21)16-23-25(26(29)35)30-17-24(31-23)32-12-8-20(18-34)9-13-32;24-23(30)22-20(27-21(14-26-22)28-11-7-17(15-29)8-12-28)13-16-1-3-18(4-2-16)19-5-9-25-10-6-19;/h4-7,17,20,22,34H,8-16,18H2,1-3H3,(H2,29,35);1-4,14,17,19,25,29H,5-13,15H2,(H2,24,30);1H. The number of ether oxygens (including phenoxy) is 1. The molecular weight excluding hydrogens is 884 g/mol. The maximum atomic E-state index is 12.4. The molecule has 2 aromatic carbocycles. The lowest BCUT2D eigenvalue weighted by atomic mass is 9.89. The number of aromatic nitrogens is 4. The molecule has 3 amide bonds. The highest BCUT2D eigenvalue weighted by Crippen LogP contribution is 2.31. The number of nitrogens with two attached hydrogens (primary N) is 2. The van der Waals surface area contributed by atoms with E-state index in [2.05, 4.69) is 73.6 Å². The largest absolute Gasteiger partial charge is 0.444 e. The number of amides is 3. The molecule has 0 saturated carbocycles. The molecule has 4 fully saturated rings. The summed E-state index contributed by atoms with van der Waals surface area (Å²) < 4.78 is 5.50. The van der Waals surface area contributed by atoms with Crippen LogP contribution in [0, 0.1) is 11.8 Å². The quantitative estimate of drug-likeness (QED) is 0.114. The van der Waals surface area contributed by atoms with Crippen LogP contribution in [0.3, 0.4) is 0 Å². The van der Waals surface area contributed by atoms with E-state index in [-0.39, 0.29) is 43.1 Å². The summed E-state index contributed by atoms with van der Waals surface area (Å²) in [5, 5.41) is 22.2. The lowest BCUT2D eigenvalue weighted by molar-refractivity contribution is 0.0204. The van der Waals surface area contributed by atoms with Crippen molar-refractivity contribution in [2.75, 3.05) is 75.4 Å². The van der Waals surface area contributed by atoms with Gasteiger partial charge in [-0.05, 0) is 131 Å². The molecule has 8 rings (SSSR count). The molecule has 0 unspecified atom stereocenters. The van der Waals surface area contributed by atoms with Gasteiger partial charge >= 0.3 is 6.09 Å². The Balaban J connectivity index is 0.000000225. The van der Waals surface area contributed by atoms with Crippen LogP contribution in [-0.4, -0.2) is 124 Å². The first-order valence-electron chi connectivity index (χ1n) is 24.2. The van der Waals surface area contributed by atoms with Gasteiger partial charge in [-0.2, -0.15) is 0 Å². The maximum absolute atomic E-state index is 12.4. The summed E-state index contributed by atoms with van der Waals surface area (Å²) in [7, 11) is 0. The number of aliphatic hydroxyl groups is 2. The first-order valence-corrected chi connectivity index (χ1v) is 24.2. The lowest BCUT2D eigenvalue weighted by Gasteiger charge is -2.33. The Morgan fingerprint density at radius 1 is 0.632 bits per heavy atom. The van der Waals surface area contributed by atoms with Gasteiger partial charge in [0.25, 0.3) is 11.8 Å². The number of carbonyl (C=O) groups is 3. The monoisotopic (exact) mass is 955 g/mol. The van der Waals surface area contributed by atoms with Crippen molar-refractivity contribution in [1.29, 1.82) is 0 Å². The lowest BCUT2D eigenvalue weighted by Crippen LogP contribution is -2.41. The summed E-state index contributed by atoms with van der Waals surface area (Å²) in [4.78, 5) is 60.7. The van der Waals surface area contributed by atoms with E-state index in [4.69, 9.17) is 26.2 Å². The van der Waals surface area contributed by atoms with Crippen molar-refractivity contribution >= 4 is 42.0 Å². The summed E-state index contributed by atoms with van der Waals surface area (Å²) in [6.45, 7) is 12.9. The number of benzene rings is 2. The summed E-state index contributed by atoms with van der Waals surface area (Å²) in [6, 6.07) is 17.1. The fraction of sp³-hybridized carbons (Fsp3) is 0.549. The predicted molar refractivity (Wildman–Crippen MR) is 266 cm³/mol. The van der Waals surface area contributed by atoms with Crippen molar-refractivity contribution in [2.24, 2.45) is 23.3 Å². The zero-order valence-corrected chi connectivity index (χ0v) is 40.8. The second-order valence-electron chi connectivity index (χ2n) is 19.6. The molecule has 0 aliphatic carbocycles. The van der Waals surface area contributed by atoms with E-state index in [0.717, 1.165) is 101 Å². The zero-order chi connectivity index (χ0) is 47.5. The van der Waals surface area contributed by atoms with Gasteiger partial charge in [0, 0.05) is 65.3 Å². The van der Waals surface area contributed by atoms with Crippen LogP contribution in [-0.2, 0) is 17.6 Å². The second-order valence-corrected chi connectivity index (χ2v) is 19.6. The van der Waals surface area contributed by atoms with E-state index in [9.17, 15) is 24.6 Å². The summed E-state index contributed by atoms with van der Waals surface area (Å²) in [6.07, 6.45) is 11.8. The Labute approximate surface area is 407 Å². The SMILES string of the molecule is CC(C)(C)OC(=O)N1CCC(c2ccc(Cc3nc(N4CCC(CO)CC4)cnc3C(N)=O)cc2)CC1.Cl.NC(=O)c1ncc(N2CCC(CO)CC2)nc1Cc1ccc(C2CCNCC2)cc1. The molecule has 6 heterocycles. The van der Waals surface area contributed by atoms with Crippen molar-refractivity contribution < 1.29 is 29.3 Å². The van der Waals surface area contributed by atoms with E-state index in [0.29, 0.717) is 61.0 Å². The Morgan fingerprint density at radius 3 is 1.40 bits per heavy atom. The molecule has 368 valence electrons. The van der Waals surface area contributed by atoms with E-state index < -0.39 is 17.4 Å². The van der Waals surface area contributed by atoms with Gasteiger partial charge in [-0.3, -0.25) is 9.59 Å². The Kier molecular flexibility index (Phi) is 18.5. The molecular formula is C51H71ClN10O6. The van der Waals surface area contributed by atoms with Gasteiger partial charge in [-0.1, -0.05) is 48.5 Å². The number of carbonyl (C=O) groups excluding carboxylic acids is 3. The van der Waals surface area contributed by atoms with Gasteiger partial charge in [0.2, 0.25) is 0 Å². The van der Waals surface area contributed by atoms with Crippen molar-refractivity contribution in [3.05, 3.63) is 106 Å². The molecule has 16 nitrogen and oxygen atoms in total. The molecule has 2 aromatic heterocycles. The number of nitrogens with zero attached hydrogens (tertiary/aromatic N) is 7. The third kappa shape index (κ3) is 14.1. The first-order chi connectivity index (χ1) is 32.3. The number of primary amides is 2. The van der Waals surface area contributed by atoms with Gasteiger partial charge in [0.05, 0.1) is 23.8 Å². The van der Waals surface area contributed by atoms with E-state index in [1.165, 1.54) is 24.0 Å². The Hall–Kier alpha value is -5.42. The fourth-order valence-electron chi connectivity index (χ4n) is 9.57. The van der Waals surface area contributed by atoms with Gasteiger partial charge in [-0.25, -0.2) is 24.7 Å². The molecule has 4 aliphatic rings. The summed E-state index contributed by atoms with van der Waals surface area (Å²) >= 11 is 0. The summed E-state index contributed by atoms with van der Waals surface area (Å²) in [5.41, 5.74) is 17.1. The number of anilines is 2. The molecule has 4 saturated heterocycles. The normalized spacial score (nSPS) is 17.8. The molecule has 68 heavy (non-hydrogen) atoms. The minimum Gasteiger partial charge on any atom is -0.444 e. The highest BCUT2D eigenvalue weighted by molar-refractivity contribution is 5.92. The van der Waals surface area contributed by atoms with Crippen LogP contribution in [0.5, 0.6) is 0 Å². The van der Waals surface area contributed by atoms with Crippen molar-refractivity contribution in [2.45, 2.75) is 102 Å². The average molecular weight is 956 g/mol. The van der Waals surface area contributed by atoms with Crippen LogP contribution in [0.1, 0.15) is 139 Å².